The maximum Gasteiger partial charge on any atom is 0.408 e. The van der Waals surface area contributed by atoms with Crippen LogP contribution in [0.25, 0.3) is 0 Å². The van der Waals surface area contributed by atoms with Gasteiger partial charge in [0.2, 0.25) is 5.91 Å². The second kappa shape index (κ2) is 13.1. The summed E-state index contributed by atoms with van der Waals surface area (Å²) in [5.74, 6) is -0.816. The molecule has 3 amide bonds. The van der Waals surface area contributed by atoms with E-state index in [4.69, 9.17) is 4.74 Å². The summed E-state index contributed by atoms with van der Waals surface area (Å²) in [6.07, 6.45) is -0.00549. The molecule has 2 aromatic carbocycles. The summed E-state index contributed by atoms with van der Waals surface area (Å²) in [4.78, 5) is 43.0. The molecule has 7 nitrogen and oxygen atoms in total. The summed E-state index contributed by atoms with van der Waals surface area (Å²) in [6, 6.07) is 9.66. The number of nitrogens with zero attached hydrogens (tertiary/aromatic N) is 1. The highest BCUT2D eigenvalue weighted by Crippen LogP contribution is 2.31. The Bertz CT molecular complexity index is 1160. The van der Waals surface area contributed by atoms with E-state index in [1.54, 1.807) is 25.7 Å². The zero-order chi connectivity index (χ0) is 29.7. The predicted molar refractivity (Wildman–Crippen MR) is 158 cm³/mol. The first-order valence-corrected chi connectivity index (χ1v) is 13.8. The topological polar surface area (TPSA) is 87.7 Å². The molecule has 0 fully saturated rings. The average molecular weight is 538 g/mol. The van der Waals surface area contributed by atoms with Crippen LogP contribution >= 0.6 is 0 Å². The summed E-state index contributed by atoms with van der Waals surface area (Å²) in [5, 5.41) is 5.94. The molecule has 3 unspecified atom stereocenters. The minimum Gasteiger partial charge on any atom is -0.444 e. The molecule has 2 aromatic rings. The molecule has 0 aliphatic rings. The molecule has 0 saturated carbocycles. The van der Waals surface area contributed by atoms with Crippen molar-refractivity contribution in [3.05, 3.63) is 64.2 Å². The maximum absolute atomic E-state index is 14.4. The molecule has 0 bridgehead atoms. The minimum atomic E-state index is -0.914. The van der Waals surface area contributed by atoms with Crippen LogP contribution in [0.2, 0.25) is 0 Å². The fraction of sp³-hybridized carbons (Fsp3) is 0.531. The number of rotatable bonds is 9. The highest BCUT2D eigenvalue weighted by Gasteiger charge is 2.40. The SMILES string of the molecule is CCC(C)C(NC(=O)OC(C)(C)C)C(=O)N(C(C)C)C(C(=O)Nc1c(C)cccc1C)c1cc(C)ccc1C. The van der Waals surface area contributed by atoms with Crippen molar-refractivity contribution in [2.45, 2.75) is 106 Å². The van der Waals surface area contributed by atoms with Crippen LogP contribution in [0.15, 0.2) is 36.4 Å². The van der Waals surface area contributed by atoms with Gasteiger partial charge in [-0.25, -0.2) is 4.79 Å². The number of anilines is 1. The molecule has 39 heavy (non-hydrogen) atoms. The summed E-state index contributed by atoms with van der Waals surface area (Å²) in [5.41, 5.74) is 4.55. The van der Waals surface area contributed by atoms with Crippen molar-refractivity contribution in [1.29, 1.82) is 0 Å². The fourth-order valence-electron chi connectivity index (χ4n) is 4.63. The van der Waals surface area contributed by atoms with Gasteiger partial charge in [0.1, 0.15) is 17.7 Å². The van der Waals surface area contributed by atoms with Crippen LogP contribution < -0.4 is 10.6 Å². The molecule has 7 heteroatoms. The molecule has 0 aliphatic carbocycles. The molecular weight excluding hydrogens is 490 g/mol. The van der Waals surface area contributed by atoms with Gasteiger partial charge in [0, 0.05) is 11.7 Å². The zero-order valence-electron chi connectivity index (χ0n) is 25.6. The number of nitrogens with one attached hydrogen (secondary N) is 2. The van der Waals surface area contributed by atoms with Crippen LogP contribution in [-0.4, -0.2) is 40.5 Å². The van der Waals surface area contributed by atoms with Crippen molar-refractivity contribution in [3.8, 4) is 0 Å². The molecule has 0 heterocycles. The summed E-state index contributed by atoms with van der Waals surface area (Å²) in [7, 11) is 0. The van der Waals surface area contributed by atoms with Gasteiger partial charge < -0.3 is 20.3 Å². The molecule has 0 aliphatic heterocycles. The third kappa shape index (κ3) is 8.32. The summed E-state index contributed by atoms with van der Waals surface area (Å²) in [6.45, 7) is 20.8. The van der Waals surface area contributed by atoms with Crippen LogP contribution in [0.1, 0.15) is 88.7 Å². The highest BCUT2D eigenvalue weighted by atomic mass is 16.6. The number of carbonyl (C=O) groups excluding carboxylic acids is 3. The van der Waals surface area contributed by atoms with Crippen molar-refractivity contribution in [2.75, 3.05) is 5.32 Å². The Morgan fingerprint density at radius 3 is 2.03 bits per heavy atom. The number of benzene rings is 2. The number of para-hydroxylation sites is 1. The standard InChI is InChI=1S/C32H47N3O4/c1-12-21(5)27(34-31(38)39-32(9,10)11)30(37)35(19(2)3)28(25-18-20(4)16-17-22(25)6)29(36)33-26-23(7)14-13-15-24(26)8/h13-19,21,27-28H,12H2,1-11H3,(H,33,36)(H,34,38). The highest BCUT2D eigenvalue weighted by molar-refractivity contribution is 6.00. The van der Waals surface area contributed by atoms with Gasteiger partial charge in [0.15, 0.2) is 0 Å². The van der Waals surface area contributed by atoms with Crippen LogP contribution in [0.5, 0.6) is 0 Å². The van der Waals surface area contributed by atoms with Gasteiger partial charge in [-0.15, -0.1) is 0 Å². The number of alkyl carbamates (subject to hydrolysis) is 1. The van der Waals surface area contributed by atoms with E-state index in [1.807, 2.05) is 91.8 Å². The Kier molecular flexibility index (Phi) is 10.7. The Balaban J connectivity index is 2.65. The number of hydrogen-bond acceptors (Lipinski definition) is 4. The van der Waals surface area contributed by atoms with Crippen molar-refractivity contribution < 1.29 is 19.1 Å². The number of ether oxygens (including phenoxy) is 1. The van der Waals surface area contributed by atoms with Crippen molar-refractivity contribution in [1.82, 2.24) is 10.2 Å². The fourth-order valence-corrected chi connectivity index (χ4v) is 4.63. The maximum atomic E-state index is 14.4. The molecule has 2 N–H and O–H groups in total. The quantitative estimate of drug-likeness (QED) is 0.369. The molecule has 0 saturated heterocycles. The van der Waals surface area contributed by atoms with Crippen LogP contribution in [0.4, 0.5) is 10.5 Å². The molecule has 3 atom stereocenters. The summed E-state index contributed by atoms with van der Waals surface area (Å²) < 4.78 is 5.49. The minimum absolute atomic E-state index is 0.188. The van der Waals surface area contributed by atoms with Gasteiger partial charge in [0.05, 0.1) is 0 Å². The van der Waals surface area contributed by atoms with E-state index in [9.17, 15) is 14.4 Å². The molecule has 0 aromatic heterocycles. The molecule has 2 rings (SSSR count). The largest absolute Gasteiger partial charge is 0.444 e. The zero-order valence-corrected chi connectivity index (χ0v) is 25.6. The van der Waals surface area contributed by atoms with Gasteiger partial charge in [-0.2, -0.15) is 0 Å². The second-order valence-electron chi connectivity index (χ2n) is 11.9. The van der Waals surface area contributed by atoms with Crippen LogP contribution in [-0.2, 0) is 14.3 Å². The predicted octanol–water partition coefficient (Wildman–Crippen LogP) is 6.78. The molecular formula is C32H47N3O4. The van der Waals surface area contributed by atoms with E-state index >= 15 is 0 Å². The van der Waals surface area contributed by atoms with E-state index in [0.29, 0.717) is 6.42 Å². The van der Waals surface area contributed by atoms with E-state index in [-0.39, 0.29) is 23.8 Å². The van der Waals surface area contributed by atoms with Crippen LogP contribution in [0, 0.1) is 33.6 Å². The lowest BCUT2D eigenvalue weighted by molar-refractivity contribution is -0.144. The lowest BCUT2D eigenvalue weighted by Gasteiger charge is -2.39. The Morgan fingerprint density at radius 1 is 0.923 bits per heavy atom. The van der Waals surface area contributed by atoms with Gasteiger partial charge in [0.25, 0.3) is 5.91 Å². The first-order valence-electron chi connectivity index (χ1n) is 13.8. The monoisotopic (exact) mass is 537 g/mol. The van der Waals surface area contributed by atoms with Gasteiger partial charge >= 0.3 is 6.09 Å². The number of hydrogen-bond donors (Lipinski definition) is 2. The third-order valence-corrected chi connectivity index (χ3v) is 6.95. The Hall–Kier alpha value is -3.35. The lowest BCUT2D eigenvalue weighted by Crippen LogP contribution is -2.56. The smallest absolute Gasteiger partial charge is 0.408 e. The van der Waals surface area contributed by atoms with E-state index in [0.717, 1.165) is 33.5 Å². The molecule has 214 valence electrons. The van der Waals surface area contributed by atoms with Gasteiger partial charge in [-0.05, 0) is 90.5 Å². The van der Waals surface area contributed by atoms with Gasteiger partial charge in [-0.1, -0.05) is 62.2 Å². The van der Waals surface area contributed by atoms with E-state index in [1.165, 1.54) is 0 Å². The van der Waals surface area contributed by atoms with Crippen LogP contribution in [0.3, 0.4) is 0 Å². The number of amides is 3. The van der Waals surface area contributed by atoms with Gasteiger partial charge in [-0.3, -0.25) is 9.59 Å². The van der Waals surface area contributed by atoms with Crippen molar-refractivity contribution in [3.63, 3.8) is 0 Å². The lowest BCUT2D eigenvalue weighted by atomic mass is 9.92. The Morgan fingerprint density at radius 2 is 1.51 bits per heavy atom. The van der Waals surface area contributed by atoms with E-state index in [2.05, 4.69) is 10.6 Å². The Labute approximate surface area is 234 Å². The number of aryl methyl sites for hydroxylation is 4. The average Bonchev–Trinajstić information content (AvgIpc) is 2.82. The van der Waals surface area contributed by atoms with Crippen molar-refractivity contribution >= 4 is 23.6 Å². The summed E-state index contributed by atoms with van der Waals surface area (Å²) >= 11 is 0. The molecule has 0 spiro atoms. The first kappa shape index (κ1) is 31.9. The molecule has 0 radical (unpaired) electrons. The normalized spacial score (nSPS) is 13.8. The van der Waals surface area contributed by atoms with E-state index < -0.39 is 23.8 Å². The van der Waals surface area contributed by atoms with Crippen molar-refractivity contribution in [2.24, 2.45) is 5.92 Å². The second-order valence-corrected chi connectivity index (χ2v) is 11.9. The number of carbonyl (C=O) groups is 3. The first-order chi connectivity index (χ1) is 18.1. The third-order valence-electron chi connectivity index (χ3n) is 6.95.